The van der Waals surface area contributed by atoms with Gasteiger partial charge in [0.15, 0.2) is 0 Å². The fourth-order valence-electron chi connectivity index (χ4n) is 8.39. The minimum atomic E-state index is -1.56. The van der Waals surface area contributed by atoms with Gasteiger partial charge in [-0.15, -0.1) is 0 Å². The summed E-state index contributed by atoms with van der Waals surface area (Å²) in [6.45, 7) is 0.542. The molecule has 6 nitrogen and oxygen atoms in total. The lowest BCUT2D eigenvalue weighted by atomic mass is 9.55. The summed E-state index contributed by atoms with van der Waals surface area (Å²) < 4.78 is 5.60. The van der Waals surface area contributed by atoms with Crippen LogP contribution >= 0.6 is 0 Å². The number of hydrogen-bond donors (Lipinski definition) is 1. The minimum absolute atomic E-state index is 0.0416. The van der Waals surface area contributed by atoms with Crippen LogP contribution in [0, 0.1) is 16.0 Å². The van der Waals surface area contributed by atoms with Crippen LogP contribution in [0.15, 0.2) is 78.6 Å². The quantitative estimate of drug-likeness (QED) is 0.282. The van der Waals surface area contributed by atoms with E-state index in [-0.39, 0.29) is 16.4 Å². The molecule has 0 bridgehead atoms. The second-order valence-electron chi connectivity index (χ2n) is 11.8. The summed E-state index contributed by atoms with van der Waals surface area (Å²) in [6, 6.07) is 18.8. The van der Waals surface area contributed by atoms with Gasteiger partial charge in [-0.3, -0.25) is 15.8 Å². The summed E-state index contributed by atoms with van der Waals surface area (Å²) in [5.41, 5.74) is 7.70. The van der Waals surface area contributed by atoms with Crippen molar-refractivity contribution in [2.45, 2.75) is 80.3 Å². The zero-order valence-electron chi connectivity index (χ0n) is 22.4. The van der Waals surface area contributed by atoms with Crippen LogP contribution in [0.2, 0.25) is 0 Å². The van der Waals surface area contributed by atoms with E-state index in [0.717, 1.165) is 54.7 Å². The summed E-state index contributed by atoms with van der Waals surface area (Å²) in [7, 11) is 1.72. The van der Waals surface area contributed by atoms with E-state index in [4.69, 9.17) is 10.5 Å². The van der Waals surface area contributed by atoms with Crippen molar-refractivity contribution in [3.8, 4) is 0 Å². The first-order valence-electron chi connectivity index (χ1n) is 14.3. The van der Waals surface area contributed by atoms with Gasteiger partial charge in [-0.2, -0.15) is 0 Å². The summed E-state index contributed by atoms with van der Waals surface area (Å²) >= 11 is 0. The number of nitrogens with two attached hydrogens (primary N) is 1. The van der Waals surface area contributed by atoms with Gasteiger partial charge in [0.05, 0.1) is 12.6 Å². The smallest absolute Gasteiger partial charge is 0.284 e. The van der Waals surface area contributed by atoms with Crippen LogP contribution in [0.5, 0.6) is 0 Å². The number of rotatable bonds is 5. The highest BCUT2D eigenvalue weighted by Crippen LogP contribution is 2.61. The van der Waals surface area contributed by atoms with Crippen LogP contribution in [-0.2, 0) is 10.2 Å². The van der Waals surface area contributed by atoms with E-state index in [1.165, 1.54) is 19.3 Å². The highest BCUT2D eigenvalue weighted by Gasteiger charge is 2.70. The summed E-state index contributed by atoms with van der Waals surface area (Å²) in [6.07, 6.45) is 15.6. The molecule has 200 valence electrons. The molecule has 0 amide bonds. The number of anilines is 1. The molecule has 2 aromatic rings. The average Bonchev–Trinajstić information content (AvgIpc) is 3.32. The predicted molar refractivity (Wildman–Crippen MR) is 151 cm³/mol. The molecule has 2 aromatic carbocycles. The van der Waals surface area contributed by atoms with Crippen molar-refractivity contribution in [2.75, 3.05) is 18.6 Å². The van der Waals surface area contributed by atoms with Gasteiger partial charge in [0.25, 0.3) is 5.66 Å². The van der Waals surface area contributed by atoms with Crippen molar-refractivity contribution in [3.63, 3.8) is 0 Å². The number of hydrogen-bond acceptors (Lipinski definition) is 5. The SMILES string of the molecule is COC1=CCC(C2CCCCC2)(N2CC3(c4ccccc42)C(c2ccccc2)CCCC3(N)[N+](=O)[O-])C=C1. The lowest BCUT2D eigenvalue weighted by Crippen LogP contribution is -2.70. The van der Waals surface area contributed by atoms with Crippen molar-refractivity contribution in [2.24, 2.45) is 11.7 Å². The van der Waals surface area contributed by atoms with Crippen LogP contribution in [0.25, 0.3) is 0 Å². The second-order valence-corrected chi connectivity index (χ2v) is 11.8. The first-order valence-corrected chi connectivity index (χ1v) is 14.3. The van der Waals surface area contributed by atoms with Gasteiger partial charge in [0.1, 0.15) is 11.2 Å². The Bertz CT molecular complexity index is 1250. The largest absolute Gasteiger partial charge is 0.497 e. The lowest BCUT2D eigenvalue weighted by Gasteiger charge is -2.52. The van der Waals surface area contributed by atoms with Crippen LogP contribution < -0.4 is 10.6 Å². The van der Waals surface area contributed by atoms with Gasteiger partial charge in [-0.1, -0.05) is 73.9 Å². The highest BCUT2D eigenvalue weighted by atomic mass is 16.6. The Balaban J connectivity index is 1.56. The third-order valence-electron chi connectivity index (χ3n) is 10.2. The Kier molecular flexibility index (Phi) is 6.34. The minimum Gasteiger partial charge on any atom is -0.497 e. The molecule has 1 aliphatic heterocycles. The Morgan fingerprint density at radius 2 is 1.74 bits per heavy atom. The molecule has 0 aromatic heterocycles. The van der Waals surface area contributed by atoms with Gasteiger partial charge in [-0.25, -0.2) is 0 Å². The number of ether oxygens (including phenoxy) is 1. The van der Waals surface area contributed by atoms with Crippen LogP contribution in [0.3, 0.4) is 0 Å². The maximum absolute atomic E-state index is 13.0. The van der Waals surface area contributed by atoms with Crippen molar-refractivity contribution in [1.29, 1.82) is 0 Å². The Labute approximate surface area is 225 Å². The monoisotopic (exact) mass is 513 g/mol. The zero-order valence-corrected chi connectivity index (χ0v) is 22.4. The number of fused-ring (bicyclic) bond motifs is 2. The van der Waals surface area contributed by atoms with Gasteiger partial charge in [0, 0.05) is 29.5 Å². The average molecular weight is 514 g/mol. The van der Waals surface area contributed by atoms with Gasteiger partial charge >= 0.3 is 0 Å². The maximum atomic E-state index is 13.0. The third kappa shape index (κ3) is 3.56. The first-order chi connectivity index (χ1) is 18.5. The van der Waals surface area contributed by atoms with Crippen LogP contribution in [0.1, 0.15) is 74.8 Å². The molecule has 0 radical (unpaired) electrons. The van der Waals surface area contributed by atoms with Crippen molar-refractivity contribution < 1.29 is 9.66 Å². The standard InChI is InChI=1S/C32H39N3O3/c1-38-26-18-21-30(22-19-26,25-13-6-3-7-14-25)34-23-31(28-15-8-9-17-29(28)34)27(24-11-4-2-5-12-24)16-10-20-32(31,33)35(36)37/h2,4-5,8-9,11-12,15,17-19,21,25,27H,3,6-7,10,13-14,16,20,22-23,33H2,1H3. The van der Waals surface area contributed by atoms with E-state index in [1.54, 1.807) is 7.11 Å². The fourth-order valence-corrected chi connectivity index (χ4v) is 8.39. The van der Waals surface area contributed by atoms with E-state index in [1.807, 2.05) is 24.3 Å². The van der Waals surface area contributed by atoms with Gasteiger partial charge < -0.3 is 9.64 Å². The summed E-state index contributed by atoms with van der Waals surface area (Å²) in [4.78, 5) is 15.4. The maximum Gasteiger partial charge on any atom is 0.284 e. The van der Waals surface area contributed by atoms with E-state index in [0.29, 0.717) is 18.9 Å². The van der Waals surface area contributed by atoms with Gasteiger partial charge in [-0.05, 0) is 67.4 Å². The van der Waals surface area contributed by atoms with Gasteiger partial charge in [0.2, 0.25) is 0 Å². The predicted octanol–water partition coefficient (Wildman–Crippen LogP) is 6.45. The normalized spacial score (nSPS) is 33.2. The van der Waals surface area contributed by atoms with Crippen molar-refractivity contribution in [3.05, 3.63) is 99.8 Å². The molecule has 0 saturated heterocycles. The molecule has 3 aliphatic carbocycles. The molecule has 2 N–H and O–H groups in total. The summed E-state index contributed by atoms with van der Waals surface area (Å²) in [5, 5.41) is 13.0. The number of nitrogens with zero attached hydrogens (tertiary/aromatic N) is 2. The van der Waals surface area contributed by atoms with E-state index < -0.39 is 11.1 Å². The second kappa shape index (κ2) is 9.57. The van der Waals surface area contributed by atoms with Crippen molar-refractivity contribution >= 4 is 5.69 Å². The molecule has 2 saturated carbocycles. The fraction of sp³-hybridized carbons (Fsp3) is 0.500. The van der Waals surface area contributed by atoms with E-state index in [2.05, 4.69) is 53.5 Å². The topological polar surface area (TPSA) is 81.6 Å². The zero-order chi connectivity index (χ0) is 26.4. The highest BCUT2D eigenvalue weighted by molar-refractivity contribution is 5.68. The number of benzene rings is 2. The third-order valence-corrected chi connectivity index (χ3v) is 10.2. The molecule has 4 aliphatic rings. The molecule has 1 spiro atoms. The molecule has 6 heteroatoms. The Hall–Kier alpha value is -3.12. The number of para-hydroxylation sites is 1. The Morgan fingerprint density at radius 1 is 1.00 bits per heavy atom. The number of nitro groups is 1. The van der Waals surface area contributed by atoms with E-state index >= 15 is 0 Å². The van der Waals surface area contributed by atoms with Crippen molar-refractivity contribution in [1.82, 2.24) is 0 Å². The van der Waals surface area contributed by atoms with E-state index in [9.17, 15) is 10.1 Å². The molecule has 1 heterocycles. The molecule has 6 rings (SSSR count). The molecular formula is C32H39N3O3. The Morgan fingerprint density at radius 3 is 2.42 bits per heavy atom. The number of methoxy groups -OCH3 is 1. The molecule has 4 unspecified atom stereocenters. The number of allylic oxidation sites excluding steroid dienone is 1. The first kappa shape index (κ1) is 25.2. The molecule has 38 heavy (non-hydrogen) atoms. The molecular weight excluding hydrogens is 474 g/mol. The summed E-state index contributed by atoms with van der Waals surface area (Å²) in [5.74, 6) is 1.31. The molecule has 4 atom stereocenters. The van der Waals surface area contributed by atoms with Crippen LogP contribution in [0.4, 0.5) is 5.69 Å². The van der Waals surface area contributed by atoms with Crippen LogP contribution in [-0.4, -0.2) is 29.8 Å². The molecule has 2 fully saturated rings. The lowest BCUT2D eigenvalue weighted by molar-refractivity contribution is -0.588.